The van der Waals surface area contributed by atoms with E-state index in [1.807, 2.05) is 6.92 Å². The Morgan fingerprint density at radius 3 is 2.19 bits per heavy atom. The monoisotopic (exact) mass is 306 g/mol. The van der Waals surface area contributed by atoms with Crippen molar-refractivity contribution in [1.82, 2.24) is 0 Å². The van der Waals surface area contributed by atoms with Crippen LogP contribution in [0.3, 0.4) is 0 Å². The fourth-order valence-electron chi connectivity index (χ4n) is 2.95. The molecule has 0 aliphatic carbocycles. The number of aliphatic hydroxyl groups is 2. The Kier molecular flexibility index (Phi) is 5.96. The van der Waals surface area contributed by atoms with Crippen molar-refractivity contribution in [3.8, 4) is 0 Å². The van der Waals surface area contributed by atoms with E-state index in [0.717, 1.165) is 0 Å². The summed E-state index contributed by atoms with van der Waals surface area (Å²) in [6, 6.07) is 0. The van der Waals surface area contributed by atoms with Crippen LogP contribution in [0.15, 0.2) is 0 Å². The highest BCUT2D eigenvalue weighted by molar-refractivity contribution is 4.86. The normalized spacial score (nSPS) is 48.3. The molecule has 124 valence electrons. The van der Waals surface area contributed by atoms with Gasteiger partial charge in [-0.25, -0.2) is 0 Å². The summed E-state index contributed by atoms with van der Waals surface area (Å²) >= 11 is 0. The third kappa shape index (κ3) is 3.92. The van der Waals surface area contributed by atoms with Crippen molar-refractivity contribution in [2.24, 2.45) is 0 Å². The van der Waals surface area contributed by atoms with Crippen LogP contribution in [0.25, 0.3) is 0 Å². The summed E-state index contributed by atoms with van der Waals surface area (Å²) in [7, 11) is 3.14. The third-order valence-corrected chi connectivity index (χ3v) is 4.20. The quantitative estimate of drug-likeness (QED) is 0.757. The minimum Gasteiger partial charge on any atom is -0.388 e. The number of aliphatic hydroxyl groups excluding tert-OH is 2. The lowest BCUT2D eigenvalue weighted by Gasteiger charge is -2.42. The first kappa shape index (κ1) is 17.1. The molecule has 1 unspecified atom stereocenters. The summed E-state index contributed by atoms with van der Waals surface area (Å²) in [5.74, 6) is 0. The van der Waals surface area contributed by atoms with E-state index in [0.29, 0.717) is 12.8 Å². The van der Waals surface area contributed by atoms with Gasteiger partial charge in [0.15, 0.2) is 12.6 Å². The highest BCUT2D eigenvalue weighted by atomic mass is 16.7. The van der Waals surface area contributed by atoms with Crippen LogP contribution in [0.2, 0.25) is 0 Å². The van der Waals surface area contributed by atoms with Gasteiger partial charge in [0.25, 0.3) is 0 Å². The van der Waals surface area contributed by atoms with E-state index < -0.39 is 18.7 Å². The molecular weight excluding hydrogens is 280 g/mol. The molecule has 0 spiro atoms. The minimum absolute atomic E-state index is 0.268. The van der Waals surface area contributed by atoms with Crippen LogP contribution in [-0.2, 0) is 23.7 Å². The summed E-state index contributed by atoms with van der Waals surface area (Å²) in [4.78, 5) is 0. The Labute approximate surface area is 125 Å². The Balaban J connectivity index is 1.99. The van der Waals surface area contributed by atoms with Crippen molar-refractivity contribution in [1.29, 1.82) is 0 Å². The van der Waals surface area contributed by atoms with Crippen molar-refractivity contribution in [3.63, 3.8) is 0 Å². The van der Waals surface area contributed by atoms with Crippen LogP contribution in [0.1, 0.15) is 26.7 Å². The maximum absolute atomic E-state index is 9.96. The summed E-state index contributed by atoms with van der Waals surface area (Å²) in [5.41, 5.74) is 0. The van der Waals surface area contributed by atoms with E-state index in [1.165, 1.54) is 0 Å². The molecule has 0 aromatic carbocycles. The zero-order chi connectivity index (χ0) is 15.6. The molecule has 0 amide bonds. The molecule has 0 saturated carbocycles. The Hall–Kier alpha value is -0.280. The molecule has 0 bridgehead atoms. The molecule has 7 nitrogen and oxygen atoms in total. The van der Waals surface area contributed by atoms with Crippen molar-refractivity contribution in [2.45, 2.75) is 75.9 Å². The second-order valence-electron chi connectivity index (χ2n) is 5.68. The molecule has 2 aliphatic heterocycles. The number of methoxy groups -OCH3 is 2. The zero-order valence-corrected chi connectivity index (χ0v) is 13.0. The lowest BCUT2D eigenvalue weighted by Crippen LogP contribution is -2.54. The van der Waals surface area contributed by atoms with Gasteiger partial charge in [0.05, 0.1) is 24.4 Å². The molecule has 2 N–H and O–H groups in total. The van der Waals surface area contributed by atoms with Crippen molar-refractivity contribution >= 4 is 0 Å². The summed E-state index contributed by atoms with van der Waals surface area (Å²) in [5, 5.41) is 19.6. The molecule has 2 aliphatic rings. The largest absolute Gasteiger partial charge is 0.388 e. The molecule has 7 heteroatoms. The molecule has 21 heavy (non-hydrogen) atoms. The first-order valence-electron chi connectivity index (χ1n) is 7.34. The first-order valence-corrected chi connectivity index (χ1v) is 7.34. The lowest BCUT2D eigenvalue weighted by atomic mass is 10.0. The summed E-state index contributed by atoms with van der Waals surface area (Å²) in [6.45, 7) is 3.61. The zero-order valence-electron chi connectivity index (χ0n) is 13.0. The molecule has 0 aromatic heterocycles. The van der Waals surface area contributed by atoms with Gasteiger partial charge in [-0.3, -0.25) is 0 Å². The number of hydrogen-bond acceptors (Lipinski definition) is 7. The van der Waals surface area contributed by atoms with Crippen molar-refractivity contribution in [2.75, 3.05) is 14.2 Å². The predicted octanol–water partition coefficient (Wildman–Crippen LogP) is 0.0246. The molecule has 2 heterocycles. The standard InChI is InChI=1S/C14H26O7/c1-7-13(16)9(17-3)6-12(20-7)21-14-8(2)19-11(15)5-10(14)18-4/h7-16H,5-6H2,1-4H3/t7-,8-,9-,10+,11?,12+,13-,14-/m1/s1. The minimum atomic E-state index is -0.843. The van der Waals surface area contributed by atoms with Gasteiger partial charge >= 0.3 is 0 Å². The van der Waals surface area contributed by atoms with Gasteiger partial charge < -0.3 is 33.9 Å². The maximum Gasteiger partial charge on any atom is 0.161 e. The third-order valence-electron chi connectivity index (χ3n) is 4.20. The molecule has 2 rings (SSSR count). The van der Waals surface area contributed by atoms with E-state index in [4.69, 9.17) is 23.7 Å². The van der Waals surface area contributed by atoms with Crippen LogP contribution < -0.4 is 0 Å². The van der Waals surface area contributed by atoms with Crippen LogP contribution in [0.4, 0.5) is 0 Å². The van der Waals surface area contributed by atoms with E-state index in [-0.39, 0.29) is 30.5 Å². The van der Waals surface area contributed by atoms with Gasteiger partial charge in [0.1, 0.15) is 12.2 Å². The topological polar surface area (TPSA) is 86.6 Å². The van der Waals surface area contributed by atoms with Crippen LogP contribution >= 0.6 is 0 Å². The van der Waals surface area contributed by atoms with Gasteiger partial charge in [0, 0.05) is 27.1 Å². The van der Waals surface area contributed by atoms with Gasteiger partial charge in [0.2, 0.25) is 0 Å². The van der Waals surface area contributed by atoms with E-state index in [1.54, 1.807) is 21.1 Å². The number of hydrogen-bond donors (Lipinski definition) is 2. The maximum atomic E-state index is 9.96. The summed E-state index contributed by atoms with van der Waals surface area (Å²) in [6.07, 6.45) is -2.86. The summed E-state index contributed by atoms with van der Waals surface area (Å²) < 4.78 is 27.7. The second-order valence-corrected chi connectivity index (χ2v) is 5.68. The Morgan fingerprint density at radius 2 is 1.57 bits per heavy atom. The van der Waals surface area contributed by atoms with Crippen LogP contribution in [0.5, 0.6) is 0 Å². The molecule has 8 atom stereocenters. The van der Waals surface area contributed by atoms with Gasteiger partial charge in [-0.15, -0.1) is 0 Å². The SMILES string of the molecule is CO[C@H]1CC(O)O[C@H](C)[C@H]1O[C@H]1C[C@@H](OC)[C@H](O)[C@@H](C)O1. The molecular formula is C14H26O7. The fourth-order valence-corrected chi connectivity index (χ4v) is 2.95. The van der Waals surface area contributed by atoms with Crippen LogP contribution in [0, 0.1) is 0 Å². The first-order chi connectivity index (χ1) is 9.96. The van der Waals surface area contributed by atoms with E-state index in [9.17, 15) is 10.2 Å². The predicted molar refractivity (Wildman–Crippen MR) is 72.6 cm³/mol. The second kappa shape index (κ2) is 7.32. The van der Waals surface area contributed by atoms with Gasteiger partial charge in [-0.1, -0.05) is 0 Å². The highest BCUT2D eigenvalue weighted by Gasteiger charge is 2.42. The Bertz CT molecular complexity index is 326. The average molecular weight is 306 g/mol. The number of rotatable bonds is 4. The van der Waals surface area contributed by atoms with Gasteiger partial charge in [-0.05, 0) is 13.8 Å². The molecule has 0 radical (unpaired) electrons. The fraction of sp³-hybridized carbons (Fsp3) is 1.00. The number of ether oxygens (including phenoxy) is 5. The highest BCUT2D eigenvalue weighted by Crippen LogP contribution is 2.29. The van der Waals surface area contributed by atoms with E-state index >= 15 is 0 Å². The molecule has 2 fully saturated rings. The van der Waals surface area contributed by atoms with Crippen molar-refractivity contribution < 1.29 is 33.9 Å². The lowest BCUT2D eigenvalue weighted by molar-refractivity contribution is -0.310. The van der Waals surface area contributed by atoms with Crippen LogP contribution in [-0.4, -0.2) is 73.6 Å². The smallest absolute Gasteiger partial charge is 0.161 e. The van der Waals surface area contributed by atoms with E-state index in [2.05, 4.69) is 0 Å². The molecule has 2 saturated heterocycles. The van der Waals surface area contributed by atoms with Gasteiger partial charge in [-0.2, -0.15) is 0 Å². The molecule has 0 aromatic rings. The Morgan fingerprint density at radius 1 is 0.905 bits per heavy atom. The van der Waals surface area contributed by atoms with Crippen molar-refractivity contribution in [3.05, 3.63) is 0 Å². The average Bonchev–Trinajstić information content (AvgIpc) is 2.45.